The predicted octanol–water partition coefficient (Wildman–Crippen LogP) is 3.24. The van der Waals surface area contributed by atoms with Crippen LogP contribution < -0.4 is 10.6 Å². The molecule has 112 valence electrons. The van der Waals surface area contributed by atoms with Crippen LogP contribution in [-0.2, 0) is 4.79 Å². The molecule has 1 aliphatic rings. The lowest BCUT2D eigenvalue weighted by molar-refractivity contribution is -0.123. The highest BCUT2D eigenvalue weighted by atomic mass is 16.2. The summed E-state index contributed by atoms with van der Waals surface area (Å²) in [6.07, 6.45) is 8.80. The van der Waals surface area contributed by atoms with Crippen LogP contribution in [0.5, 0.6) is 0 Å². The first kappa shape index (κ1) is 16.5. The average molecular weight is 268 g/mol. The van der Waals surface area contributed by atoms with Crippen molar-refractivity contribution in [1.82, 2.24) is 10.6 Å². The van der Waals surface area contributed by atoms with Crippen molar-refractivity contribution in [3.63, 3.8) is 0 Å². The Hall–Kier alpha value is -0.570. The van der Waals surface area contributed by atoms with Crippen molar-refractivity contribution < 1.29 is 4.79 Å². The summed E-state index contributed by atoms with van der Waals surface area (Å²) >= 11 is 0. The molecule has 2 atom stereocenters. The number of carbonyl (C=O) groups is 1. The molecule has 1 saturated carbocycles. The van der Waals surface area contributed by atoms with Crippen LogP contribution in [0.1, 0.15) is 72.6 Å². The van der Waals surface area contributed by atoms with Gasteiger partial charge in [0.25, 0.3) is 0 Å². The van der Waals surface area contributed by atoms with Crippen molar-refractivity contribution in [3.05, 3.63) is 0 Å². The summed E-state index contributed by atoms with van der Waals surface area (Å²) in [5.41, 5.74) is 0.391. The molecule has 19 heavy (non-hydrogen) atoms. The fourth-order valence-corrected chi connectivity index (χ4v) is 2.95. The topological polar surface area (TPSA) is 41.1 Å². The summed E-state index contributed by atoms with van der Waals surface area (Å²) in [5.74, 6) is 0.139. The molecular formula is C16H32N2O. The van der Waals surface area contributed by atoms with E-state index in [0.29, 0.717) is 5.41 Å². The van der Waals surface area contributed by atoms with Gasteiger partial charge in [-0.05, 0) is 38.5 Å². The Labute approximate surface area is 118 Å². The summed E-state index contributed by atoms with van der Waals surface area (Å²) in [6, 6.07) is 0.199. The third kappa shape index (κ3) is 5.94. The molecule has 3 heteroatoms. The van der Waals surface area contributed by atoms with Gasteiger partial charge in [-0.1, -0.05) is 39.5 Å². The van der Waals surface area contributed by atoms with E-state index in [1.807, 2.05) is 6.92 Å². The van der Waals surface area contributed by atoms with Crippen molar-refractivity contribution in [2.75, 3.05) is 6.54 Å². The Balaban J connectivity index is 2.29. The first-order valence-corrected chi connectivity index (χ1v) is 8.00. The largest absolute Gasteiger partial charge is 0.352 e. The van der Waals surface area contributed by atoms with Crippen molar-refractivity contribution in [3.8, 4) is 0 Å². The zero-order valence-corrected chi connectivity index (χ0v) is 13.2. The normalized spacial score (nSPS) is 21.7. The molecule has 0 bridgehead atoms. The second kappa shape index (κ2) is 7.88. The Kier molecular flexibility index (Phi) is 6.84. The molecule has 0 aliphatic heterocycles. The number of hydrogen-bond donors (Lipinski definition) is 2. The van der Waals surface area contributed by atoms with Crippen molar-refractivity contribution in [1.29, 1.82) is 0 Å². The Morgan fingerprint density at radius 1 is 1.21 bits per heavy atom. The minimum atomic E-state index is -0.0851. The Morgan fingerprint density at radius 3 is 2.42 bits per heavy atom. The molecule has 0 heterocycles. The molecule has 0 aromatic rings. The number of carbonyl (C=O) groups excluding carboxylic acids is 1. The van der Waals surface area contributed by atoms with E-state index in [4.69, 9.17) is 0 Å². The van der Waals surface area contributed by atoms with Gasteiger partial charge in [-0.2, -0.15) is 0 Å². The van der Waals surface area contributed by atoms with E-state index in [0.717, 1.165) is 19.4 Å². The predicted molar refractivity (Wildman–Crippen MR) is 81.2 cm³/mol. The number of hydrogen-bond acceptors (Lipinski definition) is 2. The number of rotatable bonds is 7. The highest BCUT2D eigenvalue weighted by Gasteiger charge is 2.27. The van der Waals surface area contributed by atoms with Crippen LogP contribution in [0.15, 0.2) is 0 Å². The molecule has 2 N–H and O–H groups in total. The lowest BCUT2D eigenvalue weighted by Crippen LogP contribution is -2.48. The maximum absolute atomic E-state index is 12.0. The minimum absolute atomic E-state index is 0.0851. The van der Waals surface area contributed by atoms with Gasteiger partial charge >= 0.3 is 0 Å². The van der Waals surface area contributed by atoms with Crippen LogP contribution in [-0.4, -0.2) is 24.5 Å². The molecule has 3 nitrogen and oxygen atoms in total. The molecule has 1 rings (SSSR count). The fraction of sp³-hybridized carbons (Fsp3) is 0.938. The zero-order chi connectivity index (χ0) is 14.3. The molecule has 1 aliphatic carbocycles. The van der Waals surface area contributed by atoms with E-state index >= 15 is 0 Å². The van der Waals surface area contributed by atoms with E-state index in [1.165, 1.54) is 32.1 Å². The maximum atomic E-state index is 12.0. The van der Waals surface area contributed by atoms with Gasteiger partial charge in [-0.15, -0.1) is 0 Å². The highest BCUT2D eigenvalue weighted by molar-refractivity contribution is 5.81. The van der Waals surface area contributed by atoms with Crippen LogP contribution in [0, 0.1) is 5.41 Å². The first-order chi connectivity index (χ1) is 8.97. The van der Waals surface area contributed by atoms with E-state index in [1.54, 1.807) is 0 Å². The first-order valence-electron chi connectivity index (χ1n) is 8.00. The van der Waals surface area contributed by atoms with Gasteiger partial charge in [0.15, 0.2) is 0 Å². The zero-order valence-electron chi connectivity index (χ0n) is 13.2. The number of amides is 1. The molecule has 1 fully saturated rings. The van der Waals surface area contributed by atoms with Crippen LogP contribution >= 0.6 is 0 Å². The second-order valence-electron chi connectivity index (χ2n) is 6.67. The molecule has 1 amide bonds. The third-order valence-electron chi connectivity index (χ3n) is 4.40. The highest BCUT2D eigenvalue weighted by Crippen LogP contribution is 2.34. The molecular weight excluding hydrogens is 236 g/mol. The molecule has 0 aromatic carbocycles. The van der Waals surface area contributed by atoms with Gasteiger partial charge < -0.3 is 10.6 Å². The van der Waals surface area contributed by atoms with Crippen LogP contribution in [0.25, 0.3) is 0 Å². The SMILES string of the molecule is CCCC(C)NC(=O)C(C)NCC1(C)CCCCC1. The minimum Gasteiger partial charge on any atom is -0.352 e. The van der Waals surface area contributed by atoms with Gasteiger partial charge in [-0.3, -0.25) is 4.79 Å². The summed E-state index contributed by atoms with van der Waals surface area (Å²) in [5, 5.41) is 6.51. The molecule has 2 unspecified atom stereocenters. The van der Waals surface area contributed by atoms with Crippen molar-refractivity contribution >= 4 is 5.91 Å². The smallest absolute Gasteiger partial charge is 0.237 e. The Bertz CT molecular complexity index is 272. The van der Waals surface area contributed by atoms with Crippen molar-refractivity contribution in [2.45, 2.75) is 84.7 Å². The van der Waals surface area contributed by atoms with Gasteiger partial charge in [0.05, 0.1) is 6.04 Å². The fourth-order valence-electron chi connectivity index (χ4n) is 2.95. The van der Waals surface area contributed by atoms with E-state index < -0.39 is 0 Å². The van der Waals surface area contributed by atoms with E-state index in [-0.39, 0.29) is 18.0 Å². The third-order valence-corrected chi connectivity index (χ3v) is 4.40. The second-order valence-corrected chi connectivity index (χ2v) is 6.67. The monoisotopic (exact) mass is 268 g/mol. The van der Waals surface area contributed by atoms with Crippen LogP contribution in [0.4, 0.5) is 0 Å². The summed E-state index contributed by atoms with van der Waals surface area (Å²) in [6.45, 7) is 9.51. The van der Waals surface area contributed by atoms with Crippen LogP contribution in [0.2, 0.25) is 0 Å². The summed E-state index contributed by atoms with van der Waals surface area (Å²) < 4.78 is 0. The Morgan fingerprint density at radius 2 is 1.84 bits per heavy atom. The quantitative estimate of drug-likeness (QED) is 0.744. The van der Waals surface area contributed by atoms with Crippen molar-refractivity contribution in [2.24, 2.45) is 5.41 Å². The van der Waals surface area contributed by atoms with Crippen LogP contribution in [0.3, 0.4) is 0 Å². The van der Waals surface area contributed by atoms with Gasteiger partial charge in [0.1, 0.15) is 0 Å². The van der Waals surface area contributed by atoms with Gasteiger partial charge in [-0.25, -0.2) is 0 Å². The maximum Gasteiger partial charge on any atom is 0.237 e. The number of nitrogens with one attached hydrogen (secondary N) is 2. The molecule has 0 radical (unpaired) electrons. The lowest BCUT2D eigenvalue weighted by Gasteiger charge is -2.34. The standard InChI is InChI=1S/C16H32N2O/c1-5-9-13(2)18-15(19)14(3)17-12-16(4)10-7-6-8-11-16/h13-14,17H,5-12H2,1-4H3,(H,18,19). The molecule has 0 aromatic heterocycles. The average Bonchev–Trinajstić information content (AvgIpc) is 2.37. The van der Waals surface area contributed by atoms with Gasteiger partial charge in [0.2, 0.25) is 5.91 Å². The lowest BCUT2D eigenvalue weighted by atomic mass is 9.75. The van der Waals surface area contributed by atoms with E-state index in [9.17, 15) is 4.79 Å². The van der Waals surface area contributed by atoms with Gasteiger partial charge in [0, 0.05) is 12.6 Å². The molecule has 0 spiro atoms. The summed E-state index contributed by atoms with van der Waals surface area (Å²) in [7, 11) is 0. The van der Waals surface area contributed by atoms with E-state index in [2.05, 4.69) is 31.4 Å². The summed E-state index contributed by atoms with van der Waals surface area (Å²) in [4.78, 5) is 12.0. The molecule has 0 saturated heterocycles.